The van der Waals surface area contributed by atoms with Crippen LogP contribution in [0.2, 0.25) is 0 Å². The summed E-state index contributed by atoms with van der Waals surface area (Å²) in [6.45, 7) is 0.552. The lowest BCUT2D eigenvalue weighted by molar-refractivity contribution is -0.137. The average molecular weight is 405 g/mol. The highest BCUT2D eigenvalue weighted by Crippen LogP contribution is 2.30. The van der Waals surface area contributed by atoms with Gasteiger partial charge in [0.25, 0.3) is 0 Å². The molecule has 0 fully saturated rings. The zero-order chi connectivity index (χ0) is 21.4. The molecular weight excluding hydrogens is 383 g/mol. The first-order valence-electron chi connectivity index (χ1n) is 8.91. The number of anilines is 1. The SMILES string of the molecule is COc1ccccc1N(CCC#N)C(=O)CN(C)Cc1ccc(C(F)(F)F)cc1. The van der Waals surface area contributed by atoms with Gasteiger partial charge in [0.15, 0.2) is 0 Å². The van der Waals surface area contributed by atoms with E-state index in [1.165, 1.54) is 24.1 Å². The van der Waals surface area contributed by atoms with E-state index in [0.29, 0.717) is 23.5 Å². The number of halogens is 3. The van der Waals surface area contributed by atoms with Crippen LogP contribution in [0.3, 0.4) is 0 Å². The highest BCUT2D eigenvalue weighted by Gasteiger charge is 2.30. The average Bonchev–Trinajstić information content (AvgIpc) is 2.68. The Morgan fingerprint density at radius 1 is 1.14 bits per heavy atom. The Labute approximate surface area is 167 Å². The van der Waals surface area contributed by atoms with Gasteiger partial charge in [-0.15, -0.1) is 0 Å². The van der Waals surface area contributed by atoms with Gasteiger partial charge in [-0.3, -0.25) is 9.69 Å². The number of nitrogens with zero attached hydrogens (tertiary/aromatic N) is 3. The number of hydrogen-bond donors (Lipinski definition) is 0. The lowest BCUT2D eigenvalue weighted by Crippen LogP contribution is -2.39. The van der Waals surface area contributed by atoms with Crippen molar-refractivity contribution in [3.05, 3.63) is 59.7 Å². The molecule has 1 amide bonds. The molecule has 0 bridgehead atoms. The van der Waals surface area contributed by atoms with Crippen molar-refractivity contribution in [3.63, 3.8) is 0 Å². The second-order valence-electron chi connectivity index (χ2n) is 6.49. The number of benzene rings is 2. The summed E-state index contributed by atoms with van der Waals surface area (Å²) in [6.07, 6.45) is -4.22. The van der Waals surface area contributed by atoms with E-state index in [1.807, 2.05) is 6.07 Å². The molecule has 0 spiro atoms. The van der Waals surface area contributed by atoms with Crippen molar-refractivity contribution < 1.29 is 22.7 Å². The van der Waals surface area contributed by atoms with Crippen LogP contribution >= 0.6 is 0 Å². The lowest BCUT2D eigenvalue weighted by atomic mass is 10.1. The summed E-state index contributed by atoms with van der Waals surface area (Å²) in [7, 11) is 3.21. The number of amides is 1. The van der Waals surface area contributed by atoms with Gasteiger partial charge < -0.3 is 9.64 Å². The monoisotopic (exact) mass is 405 g/mol. The van der Waals surface area contributed by atoms with E-state index in [0.717, 1.165) is 12.1 Å². The number of likely N-dealkylation sites (N-methyl/N-ethyl adjacent to an activating group) is 1. The standard InChI is InChI=1S/C21H22F3N3O2/c1-26(14-16-8-10-17(11-9-16)21(22,23)24)15-20(28)27(13-5-12-25)18-6-3-4-7-19(18)29-2/h3-4,6-11H,5,13-15H2,1-2H3. The maximum atomic E-state index is 12.9. The molecule has 0 aromatic heterocycles. The highest BCUT2D eigenvalue weighted by atomic mass is 19.4. The summed E-state index contributed by atoms with van der Waals surface area (Å²) < 4.78 is 43.3. The molecule has 0 aliphatic heterocycles. The third kappa shape index (κ3) is 6.22. The molecule has 2 rings (SSSR count). The molecule has 0 radical (unpaired) electrons. The number of methoxy groups -OCH3 is 1. The molecule has 29 heavy (non-hydrogen) atoms. The van der Waals surface area contributed by atoms with E-state index < -0.39 is 11.7 Å². The van der Waals surface area contributed by atoms with Crippen LogP contribution in [-0.2, 0) is 17.5 Å². The smallest absolute Gasteiger partial charge is 0.416 e. The van der Waals surface area contributed by atoms with Gasteiger partial charge in [0.05, 0.1) is 37.4 Å². The lowest BCUT2D eigenvalue weighted by Gasteiger charge is -2.26. The van der Waals surface area contributed by atoms with E-state index in [-0.39, 0.29) is 25.4 Å². The number of carbonyl (C=O) groups excluding carboxylic acids is 1. The molecular formula is C21H22F3N3O2. The number of carbonyl (C=O) groups is 1. The number of hydrogen-bond acceptors (Lipinski definition) is 4. The van der Waals surface area contributed by atoms with Crippen LogP contribution in [0.15, 0.2) is 48.5 Å². The minimum absolute atomic E-state index is 0.0322. The molecule has 154 valence electrons. The van der Waals surface area contributed by atoms with Gasteiger partial charge >= 0.3 is 6.18 Å². The summed E-state index contributed by atoms with van der Waals surface area (Å²) in [5, 5.41) is 8.92. The molecule has 8 heteroatoms. The number of nitriles is 1. The quantitative estimate of drug-likeness (QED) is 0.664. The summed E-state index contributed by atoms with van der Waals surface area (Å²) >= 11 is 0. The van der Waals surface area contributed by atoms with Crippen molar-refractivity contribution >= 4 is 11.6 Å². The van der Waals surface area contributed by atoms with Crippen LogP contribution in [-0.4, -0.2) is 38.1 Å². The van der Waals surface area contributed by atoms with Gasteiger partial charge in [-0.2, -0.15) is 18.4 Å². The van der Waals surface area contributed by atoms with E-state index in [9.17, 15) is 18.0 Å². The topological polar surface area (TPSA) is 56.6 Å². The molecule has 0 saturated heterocycles. The highest BCUT2D eigenvalue weighted by molar-refractivity contribution is 5.96. The molecule has 0 aliphatic rings. The summed E-state index contributed by atoms with van der Waals surface area (Å²) in [4.78, 5) is 16.1. The molecule has 0 atom stereocenters. The molecule has 5 nitrogen and oxygen atoms in total. The van der Waals surface area contributed by atoms with Crippen molar-refractivity contribution in [3.8, 4) is 11.8 Å². The van der Waals surface area contributed by atoms with Gasteiger partial charge in [0, 0.05) is 13.1 Å². The number of ether oxygens (including phenoxy) is 1. The van der Waals surface area contributed by atoms with E-state index >= 15 is 0 Å². The van der Waals surface area contributed by atoms with Gasteiger partial charge in [0.1, 0.15) is 5.75 Å². The largest absolute Gasteiger partial charge is 0.495 e. The predicted octanol–water partition coefficient (Wildman–Crippen LogP) is 4.09. The van der Waals surface area contributed by atoms with Crippen molar-refractivity contribution in [2.24, 2.45) is 0 Å². The molecule has 0 aliphatic carbocycles. The Morgan fingerprint density at radius 2 is 1.79 bits per heavy atom. The number of para-hydroxylation sites is 2. The first-order chi connectivity index (χ1) is 13.8. The second kappa shape index (κ2) is 9.94. The Balaban J connectivity index is 2.09. The fraction of sp³-hybridized carbons (Fsp3) is 0.333. The van der Waals surface area contributed by atoms with Gasteiger partial charge in [-0.05, 0) is 36.9 Å². The van der Waals surface area contributed by atoms with Crippen LogP contribution in [0.5, 0.6) is 5.75 Å². The minimum Gasteiger partial charge on any atom is -0.495 e. The van der Waals surface area contributed by atoms with Crippen molar-refractivity contribution in [2.45, 2.75) is 19.1 Å². The summed E-state index contributed by atoms with van der Waals surface area (Å²) in [5.74, 6) is 0.281. The third-order valence-corrected chi connectivity index (χ3v) is 4.26. The third-order valence-electron chi connectivity index (χ3n) is 4.26. The maximum Gasteiger partial charge on any atom is 0.416 e. The zero-order valence-electron chi connectivity index (χ0n) is 16.2. The molecule has 0 heterocycles. The predicted molar refractivity (Wildman–Crippen MR) is 103 cm³/mol. The second-order valence-corrected chi connectivity index (χ2v) is 6.49. The first kappa shape index (κ1) is 22.2. The van der Waals surface area contributed by atoms with Crippen LogP contribution in [0, 0.1) is 11.3 Å². The Hall–Kier alpha value is -3.05. The number of rotatable bonds is 8. The summed E-state index contributed by atoms with van der Waals surface area (Å²) in [5.41, 5.74) is 0.520. The zero-order valence-corrected chi connectivity index (χ0v) is 16.2. The minimum atomic E-state index is -4.38. The Morgan fingerprint density at radius 3 is 2.38 bits per heavy atom. The van der Waals surface area contributed by atoms with Crippen molar-refractivity contribution in [1.29, 1.82) is 5.26 Å². The van der Waals surface area contributed by atoms with E-state index in [4.69, 9.17) is 10.00 Å². The Kier molecular flexibility index (Phi) is 7.62. The van der Waals surface area contributed by atoms with Crippen LogP contribution < -0.4 is 9.64 Å². The Bertz CT molecular complexity index is 861. The van der Waals surface area contributed by atoms with Gasteiger partial charge in [-0.25, -0.2) is 0 Å². The van der Waals surface area contributed by atoms with E-state index in [1.54, 1.807) is 36.2 Å². The van der Waals surface area contributed by atoms with E-state index in [2.05, 4.69) is 0 Å². The van der Waals surface area contributed by atoms with Crippen LogP contribution in [0.25, 0.3) is 0 Å². The maximum absolute atomic E-state index is 12.9. The van der Waals surface area contributed by atoms with Crippen molar-refractivity contribution in [2.75, 3.05) is 32.1 Å². The van der Waals surface area contributed by atoms with Crippen LogP contribution in [0.1, 0.15) is 17.5 Å². The number of alkyl halides is 3. The van der Waals surface area contributed by atoms with Gasteiger partial charge in [-0.1, -0.05) is 24.3 Å². The summed E-state index contributed by atoms with van der Waals surface area (Å²) in [6, 6.07) is 13.9. The van der Waals surface area contributed by atoms with Crippen molar-refractivity contribution in [1.82, 2.24) is 4.90 Å². The molecule has 0 saturated carbocycles. The molecule has 2 aromatic carbocycles. The molecule has 0 N–H and O–H groups in total. The normalized spacial score (nSPS) is 11.2. The molecule has 0 unspecified atom stereocenters. The fourth-order valence-corrected chi connectivity index (χ4v) is 2.88. The molecule has 2 aromatic rings. The fourth-order valence-electron chi connectivity index (χ4n) is 2.88. The van der Waals surface area contributed by atoms with Crippen LogP contribution in [0.4, 0.5) is 18.9 Å². The van der Waals surface area contributed by atoms with Gasteiger partial charge in [0.2, 0.25) is 5.91 Å². The first-order valence-corrected chi connectivity index (χ1v) is 8.91.